The van der Waals surface area contributed by atoms with Crippen molar-refractivity contribution in [2.45, 2.75) is 0 Å². The number of nitrogens with zero attached hydrogens (tertiary/aromatic N) is 3. The molecule has 0 saturated heterocycles. The normalized spacial score (nSPS) is 9.93. The van der Waals surface area contributed by atoms with E-state index in [2.05, 4.69) is 15.0 Å². The summed E-state index contributed by atoms with van der Waals surface area (Å²) in [4.78, 5) is 11.8. The van der Waals surface area contributed by atoms with Crippen molar-refractivity contribution in [3.63, 3.8) is 0 Å². The molecular formula is C10H10N4O. The third-order valence-corrected chi connectivity index (χ3v) is 1.98. The molecule has 0 bridgehead atoms. The van der Waals surface area contributed by atoms with Gasteiger partial charge in [-0.1, -0.05) is 0 Å². The molecule has 5 heteroatoms. The van der Waals surface area contributed by atoms with Crippen LogP contribution in [0.15, 0.2) is 30.9 Å². The van der Waals surface area contributed by atoms with Crippen LogP contribution in [-0.4, -0.2) is 22.1 Å². The quantitative estimate of drug-likeness (QED) is 0.739. The summed E-state index contributed by atoms with van der Waals surface area (Å²) >= 11 is 0. The molecular weight excluding hydrogens is 192 g/mol. The highest BCUT2D eigenvalue weighted by Gasteiger charge is 2.04. The minimum atomic E-state index is 0.565. The van der Waals surface area contributed by atoms with Gasteiger partial charge in [0.1, 0.15) is 18.4 Å². The molecule has 2 aromatic rings. The molecule has 1 aromatic carbocycles. The molecule has 0 saturated carbocycles. The van der Waals surface area contributed by atoms with Crippen LogP contribution in [0.1, 0.15) is 0 Å². The molecule has 2 N–H and O–H groups in total. The zero-order valence-corrected chi connectivity index (χ0v) is 8.21. The van der Waals surface area contributed by atoms with E-state index in [0.717, 1.165) is 5.56 Å². The molecule has 0 spiro atoms. The van der Waals surface area contributed by atoms with Crippen LogP contribution in [0.4, 0.5) is 5.69 Å². The average molecular weight is 202 g/mol. The highest BCUT2D eigenvalue weighted by atomic mass is 16.5. The molecule has 0 aliphatic heterocycles. The van der Waals surface area contributed by atoms with Crippen LogP contribution in [0, 0.1) is 0 Å². The van der Waals surface area contributed by atoms with Crippen molar-refractivity contribution in [3.05, 3.63) is 30.9 Å². The van der Waals surface area contributed by atoms with Crippen molar-refractivity contribution in [3.8, 4) is 17.1 Å². The van der Waals surface area contributed by atoms with E-state index in [1.165, 1.54) is 12.7 Å². The molecule has 1 heterocycles. The van der Waals surface area contributed by atoms with Gasteiger partial charge in [-0.15, -0.1) is 0 Å². The first-order valence-electron chi connectivity index (χ1n) is 4.37. The number of benzene rings is 1. The molecule has 2 rings (SSSR count). The molecule has 0 atom stereocenters. The van der Waals surface area contributed by atoms with E-state index in [9.17, 15) is 0 Å². The summed E-state index contributed by atoms with van der Waals surface area (Å²) < 4.78 is 5.06. The van der Waals surface area contributed by atoms with Gasteiger partial charge in [0.15, 0.2) is 5.82 Å². The Morgan fingerprint density at radius 3 is 2.53 bits per heavy atom. The van der Waals surface area contributed by atoms with Crippen molar-refractivity contribution in [1.82, 2.24) is 15.0 Å². The van der Waals surface area contributed by atoms with Gasteiger partial charge in [-0.2, -0.15) is 0 Å². The van der Waals surface area contributed by atoms with E-state index in [-0.39, 0.29) is 0 Å². The van der Waals surface area contributed by atoms with Gasteiger partial charge in [-0.3, -0.25) is 0 Å². The maximum Gasteiger partial charge on any atom is 0.162 e. The lowest BCUT2D eigenvalue weighted by Crippen LogP contribution is -1.94. The van der Waals surface area contributed by atoms with Crippen LogP contribution in [0.2, 0.25) is 0 Å². The number of methoxy groups -OCH3 is 1. The summed E-state index contributed by atoms with van der Waals surface area (Å²) in [6.07, 6.45) is 2.89. The SMILES string of the molecule is COc1ccc(-c2ncncn2)cc1N. The molecule has 0 fully saturated rings. The van der Waals surface area contributed by atoms with Crippen molar-refractivity contribution < 1.29 is 4.74 Å². The van der Waals surface area contributed by atoms with E-state index >= 15 is 0 Å². The third kappa shape index (κ3) is 1.85. The predicted octanol–water partition coefficient (Wildman–Crippen LogP) is 1.13. The van der Waals surface area contributed by atoms with E-state index in [1.807, 2.05) is 6.07 Å². The molecule has 0 unspecified atom stereocenters. The Morgan fingerprint density at radius 2 is 1.93 bits per heavy atom. The lowest BCUT2D eigenvalue weighted by atomic mass is 10.2. The fourth-order valence-electron chi connectivity index (χ4n) is 1.26. The Balaban J connectivity index is 2.43. The number of ether oxygens (including phenoxy) is 1. The number of nitrogens with two attached hydrogens (primary N) is 1. The minimum absolute atomic E-state index is 0.565. The fraction of sp³-hybridized carbons (Fsp3) is 0.100. The van der Waals surface area contributed by atoms with Crippen LogP contribution in [-0.2, 0) is 0 Å². The van der Waals surface area contributed by atoms with Crippen LogP contribution < -0.4 is 10.5 Å². The first-order chi connectivity index (χ1) is 7.31. The van der Waals surface area contributed by atoms with Gasteiger partial charge in [0.2, 0.25) is 0 Å². The van der Waals surface area contributed by atoms with Gasteiger partial charge in [0.05, 0.1) is 12.8 Å². The summed E-state index contributed by atoms with van der Waals surface area (Å²) in [6.45, 7) is 0. The number of rotatable bonds is 2. The molecule has 0 amide bonds. The third-order valence-electron chi connectivity index (χ3n) is 1.98. The highest BCUT2D eigenvalue weighted by Crippen LogP contribution is 2.25. The van der Waals surface area contributed by atoms with Gasteiger partial charge in [0, 0.05) is 5.56 Å². The number of anilines is 1. The Labute approximate surface area is 87.0 Å². The van der Waals surface area contributed by atoms with Gasteiger partial charge >= 0.3 is 0 Å². The number of hydrogen-bond donors (Lipinski definition) is 1. The number of nitrogen functional groups attached to an aromatic ring is 1. The van der Waals surface area contributed by atoms with Crippen molar-refractivity contribution in [2.75, 3.05) is 12.8 Å². The molecule has 5 nitrogen and oxygen atoms in total. The zero-order chi connectivity index (χ0) is 10.7. The molecule has 76 valence electrons. The van der Waals surface area contributed by atoms with Gasteiger partial charge < -0.3 is 10.5 Å². The largest absolute Gasteiger partial charge is 0.495 e. The summed E-state index contributed by atoms with van der Waals surface area (Å²) in [5, 5.41) is 0. The standard InChI is InChI=1S/C10H10N4O/c1-15-9-3-2-7(4-8(9)11)10-13-5-12-6-14-10/h2-6H,11H2,1H3. The Kier molecular flexibility index (Phi) is 2.45. The second-order valence-electron chi connectivity index (χ2n) is 2.92. The lowest BCUT2D eigenvalue weighted by Gasteiger charge is -2.05. The highest BCUT2D eigenvalue weighted by molar-refractivity contribution is 5.65. The smallest absolute Gasteiger partial charge is 0.162 e. The van der Waals surface area contributed by atoms with Gasteiger partial charge in [0.25, 0.3) is 0 Å². The van der Waals surface area contributed by atoms with Crippen molar-refractivity contribution >= 4 is 5.69 Å². The average Bonchev–Trinajstić information content (AvgIpc) is 2.30. The minimum Gasteiger partial charge on any atom is -0.495 e. The zero-order valence-electron chi connectivity index (χ0n) is 8.21. The van der Waals surface area contributed by atoms with Crippen LogP contribution >= 0.6 is 0 Å². The fourth-order valence-corrected chi connectivity index (χ4v) is 1.26. The van der Waals surface area contributed by atoms with E-state index in [4.69, 9.17) is 10.5 Å². The summed E-state index contributed by atoms with van der Waals surface area (Å²) in [5.41, 5.74) is 7.18. The van der Waals surface area contributed by atoms with E-state index in [0.29, 0.717) is 17.3 Å². The second kappa shape index (κ2) is 3.91. The predicted molar refractivity (Wildman–Crippen MR) is 56.2 cm³/mol. The molecule has 0 radical (unpaired) electrons. The topological polar surface area (TPSA) is 73.9 Å². The van der Waals surface area contributed by atoms with Gasteiger partial charge in [-0.05, 0) is 18.2 Å². The molecule has 1 aromatic heterocycles. The Morgan fingerprint density at radius 1 is 1.20 bits per heavy atom. The first kappa shape index (κ1) is 9.39. The van der Waals surface area contributed by atoms with Crippen LogP contribution in [0.5, 0.6) is 5.75 Å². The monoisotopic (exact) mass is 202 g/mol. The Hall–Kier alpha value is -2.17. The summed E-state index contributed by atoms with van der Waals surface area (Å²) in [6, 6.07) is 5.41. The maximum atomic E-state index is 5.77. The second-order valence-corrected chi connectivity index (χ2v) is 2.92. The van der Waals surface area contributed by atoms with Crippen LogP contribution in [0.25, 0.3) is 11.4 Å². The van der Waals surface area contributed by atoms with Crippen LogP contribution in [0.3, 0.4) is 0 Å². The van der Waals surface area contributed by atoms with E-state index < -0.39 is 0 Å². The molecule has 0 aliphatic rings. The number of hydrogen-bond acceptors (Lipinski definition) is 5. The Bertz CT molecular complexity index is 458. The maximum absolute atomic E-state index is 5.77. The summed E-state index contributed by atoms with van der Waals surface area (Å²) in [7, 11) is 1.58. The molecule has 0 aliphatic carbocycles. The summed E-state index contributed by atoms with van der Waals surface area (Å²) in [5.74, 6) is 1.24. The van der Waals surface area contributed by atoms with Crippen molar-refractivity contribution in [2.24, 2.45) is 0 Å². The number of aromatic nitrogens is 3. The molecule has 15 heavy (non-hydrogen) atoms. The van der Waals surface area contributed by atoms with E-state index in [1.54, 1.807) is 19.2 Å². The lowest BCUT2D eigenvalue weighted by molar-refractivity contribution is 0.417. The van der Waals surface area contributed by atoms with Crippen molar-refractivity contribution in [1.29, 1.82) is 0 Å². The first-order valence-corrected chi connectivity index (χ1v) is 4.37. The van der Waals surface area contributed by atoms with Gasteiger partial charge in [-0.25, -0.2) is 15.0 Å².